The van der Waals surface area contributed by atoms with Gasteiger partial charge in [-0.2, -0.15) is 0 Å². The minimum atomic E-state index is -0.715. The minimum Gasteiger partial charge on any atom is -0.481 e. The maximum absolute atomic E-state index is 10.3. The van der Waals surface area contributed by atoms with Crippen LogP contribution >= 0.6 is 0 Å². The van der Waals surface area contributed by atoms with Crippen LogP contribution in [0.5, 0.6) is 0 Å². The van der Waals surface area contributed by atoms with E-state index in [2.05, 4.69) is 67.7 Å². The molecular weight excluding hydrogens is 272 g/mol. The summed E-state index contributed by atoms with van der Waals surface area (Å²) in [4.78, 5) is 10.3. The number of hydrogen-bond donors (Lipinski definition) is 1. The van der Waals surface area contributed by atoms with Crippen molar-refractivity contribution in [2.45, 2.75) is 58.3 Å². The number of rotatable bonds is 13. The highest BCUT2D eigenvalue weighted by atomic mass is 16.4. The molecule has 0 aromatic carbocycles. The van der Waals surface area contributed by atoms with E-state index in [0.29, 0.717) is 0 Å². The predicted molar refractivity (Wildman–Crippen MR) is 95.9 cm³/mol. The molecule has 2 nitrogen and oxygen atoms in total. The van der Waals surface area contributed by atoms with Crippen LogP contribution in [0.2, 0.25) is 0 Å². The summed E-state index contributed by atoms with van der Waals surface area (Å²) in [5.41, 5.74) is 0. The Hall–Kier alpha value is -1.83. The third-order valence-electron chi connectivity index (χ3n) is 2.92. The van der Waals surface area contributed by atoms with Crippen molar-refractivity contribution in [3.05, 3.63) is 60.8 Å². The molecule has 0 spiro atoms. The number of hydrogen-bond acceptors (Lipinski definition) is 1. The Bertz CT molecular complexity index is 398. The standard InChI is InChI=1S/C20H30O2/c1-2-3-4-5-6-7-8-9-10-11-12-13-14-15-16-17-18-19-20(21)22/h3-4,6-7,9-10,12-13,15-16H,2,5,8,11,14,17-19H2,1H3,(H,21,22)/b4-3-,7-6-,10-9?,13-12?,16-15?. The number of unbranched alkanes of at least 4 members (excludes halogenated alkanes) is 1. The molecule has 2 heteroatoms. The molecule has 0 saturated carbocycles. The largest absolute Gasteiger partial charge is 0.481 e. The molecule has 0 atom stereocenters. The van der Waals surface area contributed by atoms with E-state index >= 15 is 0 Å². The number of carboxylic acids is 1. The molecule has 0 unspecified atom stereocenters. The van der Waals surface area contributed by atoms with Gasteiger partial charge in [-0.1, -0.05) is 67.7 Å². The lowest BCUT2D eigenvalue weighted by Gasteiger charge is -1.89. The summed E-state index contributed by atoms with van der Waals surface area (Å²) in [6, 6.07) is 0. The van der Waals surface area contributed by atoms with Crippen LogP contribution in [0.15, 0.2) is 60.8 Å². The lowest BCUT2D eigenvalue weighted by molar-refractivity contribution is -0.137. The van der Waals surface area contributed by atoms with Crippen molar-refractivity contribution in [3.63, 3.8) is 0 Å². The van der Waals surface area contributed by atoms with Crippen LogP contribution in [0.1, 0.15) is 58.3 Å². The summed E-state index contributed by atoms with van der Waals surface area (Å²) in [6.07, 6.45) is 28.4. The fraction of sp³-hybridized carbons (Fsp3) is 0.450. The zero-order valence-corrected chi connectivity index (χ0v) is 13.8. The summed E-state index contributed by atoms with van der Waals surface area (Å²) in [5.74, 6) is -0.715. The number of carbonyl (C=O) groups is 1. The highest BCUT2D eigenvalue weighted by Gasteiger charge is 1.92. The molecule has 0 fully saturated rings. The Balaban J connectivity index is 3.46. The van der Waals surface area contributed by atoms with Gasteiger partial charge in [0.05, 0.1) is 0 Å². The van der Waals surface area contributed by atoms with Crippen LogP contribution in [0, 0.1) is 0 Å². The smallest absolute Gasteiger partial charge is 0.303 e. The second kappa shape index (κ2) is 17.2. The molecule has 0 rings (SSSR count). The van der Waals surface area contributed by atoms with Crippen LogP contribution in [0.25, 0.3) is 0 Å². The molecule has 0 bridgehead atoms. The van der Waals surface area contributed by atoms with E-state index in [9.17, 15) is 4.79 Å². The molecule has 0 saturated heterocycles. The summed E-state index contributed by atoms with van der Waals surface area (Å²) in [7, 11) is 0. The van der Waals surface area contributed by atoms with E-state index in [4.69, 9.17) is 5.11 Å². The van der Waals surface area contributed by atoms with Gasteiger partial charge in [-0.3, -0.25) is 4.79 Å². The summed E-state index contributed by atoms with van der Waals surface area (Å²) in [6.45, 7) is 2.14. The minimum absolute atomic E-state index is 0.258. The van der Waals surface area contributed by atoms with Gasteiger partial charge in [-0.15, -0.1) is 0 Å². The number of carboxylic acid groups (broad SMARTS) is 1. The van der Waals surface area contributed by atoms with E-state index < -0.39 is 5.97 Å². The average Bonchev–Trinajstić information content (AvgIpc) is 2.50. The third kappa shape index (κ3) is 18.2. The molecule has 122 valence electrons. The molecule has 22 heavy (non-hydrogen) atoms. The van der Waals surface area contributed by atoms with Crippen LogP contribution in [-0.4, -0.2) is 11.1 Å². The molecule has 0 amide bonds. The van der Waals surface area contributed by atoms with Crippen LogP contribution < -0.4 is 0 Å². The van der Waals surface area contributed by atoms with Gasteiger partial charge in [0.1, 0.15) is 0 Å². The van der Waals surface area contributed by atoms with E-state index in [1.807, 2.05) is 0 Å². The Morgan fingerprint density at radius 2 is 1.14 bits per heavy atom. The van der Waals surface area contributed by atoms with Crippen molar-refractivity contribution < 1.29 is 9.90 Å². The second-order valence-corrected chi connectivity index (χ2v) is 4.99. The quantitative estimate of drug-likeness (QED) is 0.335. The Morgan fingerprint density at radius 1 is 0.727 bits per heavy atom. The first-order valence-electron chi connectivity index (χ1n) is 8.24. The van der Waals surface area contributed by atoms with Gasteiger partial charge in [0.15, 0.2) is 0 Å². The second-order valence-electron chi connectivity index (χ2n) is 4.99. The molecule has 0 aliphatic heterocycles. The molecule has 0 aliphatic carbocycles. The fourth-order valence-electron chi connectivity index (χ4n) is 1.74. The maximum atomic E-state index is 10.3. The molecule has 0 radical (unpaired) electrons. The zero-order chi connectivity index (χ0) is 16.3. The topological polar surface area (TPSA) is 37.3 Å². The highest BCUT2D eigenvalue weighted by molar-refractivity contribution is 5.66. The van der Waals surface area contributed by atoms with Gasteiger partial charge in [-0.05, 0) is 44.9 Å². The number of allylic oxidation sites excluding steroid dienone is 10. The van der Waals surface area contributed by atoms with Crippen molar-refractivity contribution in [3.8, 4) is 0 Å². The van der Waals surface area contributed by atoms with Gasteiger partial charge in [0, 0.05) is 6.42 Å². The van der Waals surface area contributed by atoms with Gasteiger partial charge in [0.25, 0.3) is 0 Å². The Morgan fingerprint density at radius 3 is 1.55 bits per heavy atom. The van der Waals surface area contributed by atoms with E-state index in [-0.39, 0.29) is 6.42 Å². The molecule has 0 aliphatic rings. The summed E-state index contributed by atoms with van der Waals surface area (Å²) >= 11 is 0. The Labute approximate surface area is 135 Å². The van der Waals surface area contributed by atoms with Gasteiger partial charge >= 0.3 is 5.97 Å². The SMILES string of the molecule is CC/C=C\C/C=C\CC=CCC=CCC=CCCCC(=O)O. The monoisotopic (exact) mass is 302 g/mol. The average molecular weight is 302 g/mol. The highest BCUT2D eigenvalue weighted by Crippen LogP contribution is 1.99. The lowest BCUT2D eigenvalue weighted by atomic mass is 10.2. The van der Waals surface area contributed by atoms with Crippen molar-refractivity contribution in [1.29, 1.82) is 0 Å². The molecular formula is C20H30O2. The third-order valence-corrected chi connectivity index (χ3v) is 2.92. The number of aliphatic carboxylic acids is 1. The van der Waals surface area contributed by atoms with Gasteiger partial charge < -0.3 is 5.11 Å². The van der Waals surface area contributed by atoms with Crippen LogP contribution in [0.4, 0.5) is 0 Å². The van der Waals surface area contributed by atoms with Crippen LogP contribution in [-0.2, 0) is 4.79 Å². The Kier molecular flexibility index (Phi) is 15.8. The maximum Gasteiger partial charge on any atom is 0.303 e. The van der Waals surface area contributed by atoms with Crippen molar-refractivity contribution in [1.82, 2.24) is 0 Å². The van der Waals surface area contributed by atoms with E-state index in [1.165, 1.54) is 0 Å². The first-order chi connectivity index (χ1) is 10.8. The normalized spacial score (nSPS) is 12.8. The molecule has 0 aromatic heterocycles. The molecule has 0 heterocycles. The van der Waals surface area contributed by atoms with Crippen molar-refractivity contribution in [2.75, 3.05) is 0 Å². The van der Waals surface area contributed by atoms with E-state index in [1.54, 1.807) is 0 Å². The van der Waals surface area contributed by atoms with Crippen LogP contribution in [0.3, 0.4) is 0 Å². The molecule has 1 N–H and O–H groups in total. The fourth-order valence-corrected chi connectivity index (χ4v) is 1.74. The summed E-state index contributed by atoms with van der Waals surface area (Å²) < 4.78 is 0. The van der Waals surface area contributed by atoms with Crippen molar-refractivity contribution >= 4 is 5.97 Å². The van der Waals surface area contributed by atoms with Gasteiger partial charge in [0.2, 0.25) is 0 Å². The summed E-state index contributed by atoms with van der Waals surface area (Å²) in [5, 5.41) is 8.49. The molecule has 0 aromatic rings. The lowest BCUT2D eigenvalue weighted by Crippen LogP contribution is -1.92. The first-order valence-corrected chi connectivity index (χ1v) is 8.24. The zero-order valence-electron chi connectivity index (χ0n) is 13.8. The predicted octanol–water partition coefficient (Wildman–Crippen LogP) is 5.99. The first kappa shape index (κ1) is 20.2. The van der Waals surface area contributed by atoms with E-state index in [0.717, 1.165) is 44.9 Å². The van der Waals surface area contributed by atoms with Crippen molar-refractivity contribution in [2.24, 2.45) is 0 Å². The van der Waals surface area contributed by atoms with Gasteiger partial charge in [-0.25, -0.2) is 0 Å².